The number of carbonyl (C=O) groups is 4. The number of methoxy groups -OCH3 is 3. The van der Waals surface area contributed by atoms with E-state index < -0.39 is 41.4 Å². The van der Waals surface area contributed by atoms with Gasteiger partial charge in [-0.3, -0.25) is 19.3 Å². The fourth-order valence-electron chi connectivity index (χ4n) is 15.3. The zero-order chi connectivity index (χ0) is 44.5. The van der Waals surface area contributed by atoms with E-state index in [1.165, 1.54) is 11.3 Å². The number of amides is 3. The Kier molecular flexibility index (Phi) is 14.8. The van der Waals surface area contributed by atoms with Gasteiger partial charge in [0.1, 0.15) is 24.2 Å². The molecule has 12 atom stereocenters. The van der Waals surface area contributed by atoms with Crippen molar-refractivity contribution < 1.29 is 52.7 Å². The lowest BCUT2D eigenvalue weighted by molar-refractivity contribution is -0.193. The number of hydrogen-bond donors (Lipinski definition) is 1. The smallest absolute Gasteiger partial charge is 0.421 e. The van der Waals surface area contributed by atoms with E-state index in [-0.39, 0.29) is 86.5 Å². The first-order valence-electron chi connectivity index (χ1n) is 25.6. The highest BCUT2D eigenvalue weighted by atomic mass is 16.6. The Hall–Kier alpha value is -2.62. The van der Waals surface area contributed by atoms with Gasteiger partial charge in [-0.1, -0.05) is 51.4 Å². The van der Waals surface area contributed by atoms with E-state index in [4.69, 9.17) is 28.4 Å². The molecule has 3 amide bonds. The lowest BCUT2D eigenvalue weighted by atomic mass is 9.59. The lowest BCUT2D eigenvalue weighted by Gasteiger charge is -2.54. The molecule has 0 aromatic heterocycles. The number of allylic oxidation sites excluding steroid dienone is 1. The molecule has 0 radical (unpaired) electrons. The summed E-state index contributed by atoms with van der Waals surface area (Å²) < 4.78 is 36.6. The first kappa shape index (κ1) is 46.5. The van der Waals surface area contributed by atoms with E-state index >= 15 is 14.4 Å². The Morgan fingerprint density at radius 2 is 1.41 bits per heavy atom. The maximum atomic E-state index is 16.5. The third kappa shape index (κ3) is 8.17. The minimum Gasteiger partial charge on any atom is -0.459 e. The van der Waals surface area contributed by atoms with E-state index in [1.54, 1.807) is 21.3 Å². The van der Waals surface area contributed by atoms with Crippen LogP contribution in [0.4, 0.5) is 4.79 Å². The van der Waals surface area contributed by atoms with Crippen molar-refractivity contribution in [3.05, 3.63) is 11.3 Å². The molecule has 1 N–H and O–H groups in total. The zero-order valence-corrected chi connectivity index (χ0v) is 39.0. The van der Waals surface area contributed by atoms with Crippen molar-refractivity contribution in [1.82, 2.24) is 14.7 Å². The van der Waals surface area contributed by atoms with Crippen molar-refractivity contribution in [3.63, 3.8) is 0 Å². The lowest BCUT2D eigenvalue weighted by Crippen LogP contribution is -2.66. The van der Waals surface area contributed by atoms with Gasteiger partial charge in [0.15, 0.2) is 0 Å². The second kappa shape index (κ2) is 20.3. The van der Waals surface area contributed by atoms with Crippen molar-refractivity contribution in [2.24, 2.45) is 40.9 Å². The second-order valence-electron chi connectivity index (χ2n) is 20.9. The van der Waals surface area contributed by atoms with Gasteiger partial charge >= 0.3 is 12.1 Å². The Bertz CT molecular complexity index is 1710. The number of cyclic esters (lactones) is 1. The average Bonchev–Trinajstić information content (AvgIpc) is 3.79. The van der Waals surface area contributed by atoms with Crippen LogP contribution >= 0.6 is 0 Å². The molecule has 4 aliphatic heterocycles. The number of fused-ring (bicyclic) bond motifs is 3. The summed E-state index contributed by atoms with van der Waals surface area (Å²) in [6.45, 7) is 1.21. The molecule has 1 spiro atoms. The van der Waals surface area contributed by atoms with Crippen LogP contribution in [0.15, 0.2) is 11.3 Å². The van der Waals surface area contributed by atoms with Gasteiger partial charge in [-0.2, -0.15) is 0 Å². The minimum absolute atomic E-state index is 0.00866. The zero-order valence-electron chi connectivity index (χ0n) is 39.0. The summed E-state index contributed by atoms with van der Waals surface area (Å²) in [5, 5.41) is 10.2. The SMILES string of the molecule is COCCOC(=O)N1C(=O)[C@@]2(C3=C1CCCC3)[C@H](C(=O)N1CCC3CC(OC)C(OC)CC3C1)[C@H]1C(=O)O[C@H](C3CCCCC3)[C@H](C3CCCCC3)N1[C@@H]2C1CCCCC1OCCO. The number of nitrogens with zero attached hydrogens (tertiary/aromatic N) is 3. The Morgan fingerprint density at radius 3 is 2.11 bits per heavy atom. The van der Waals surface area contributed by atoms with E-state index in [1.807, 2.05) is 4.90 Å². The van der Waals surface area contributed by atoms with E-state index in [0.29, 0.717) is 37.5 Å². The maximum absolute atomic E-state index is 16.5. The number of imide groups is 1. The molecule has 3 saturated heterocycles. The molecule has 4 heterocycles. The van der Waals surface area contributed by atoms with Crippen LogP contribution in [0.5, 0.6) is 0 Å². The Morgan fingerprint density at radius 1 is 0.734 bits per heavy atom. The maximum Gasteiger partial charge on any atom is 0.421 e. The third-order valence-electron chi connectivity index (χ3n) is 17.9. The largest absolute Gasteiger partial charge is 0.459 e. The number of likely N-dealkylation sites (tertiary alicyclic amines) is 1. The van der Waals surface area contributed by atoms with Crippen molar-refractivity contribution >= 4 is 23.9 Å². The molecule has 5 aliphatic carbocycles. The molecule has 0 aromatic rings. The first-order chi connectivity index (χ1) is 31.3. The predicted octanol–water partition coefficient (Wildman–Crippen LogP) is 6.41. The van der Waals surface area contributed by atoms with Gasteiger partial charge < -0.3 is 38.4 Å². The van der Waals surface area contributed by atoms with Crippen LogP contribution in [-0.2, 0) is 42.8 Å². The van der Waals surface area contributed by atoms with Crippen LogP contribution in [0.1, 0.15) is 135 Å². The summed E-state index contributed by atoms with van der Waals surface area (Å²) in [5.74, 6) is -1.42. The summed E-state index contributed by atoms with van der Waals surface area (Å²) >= 11 is 0. The van der Waals surface area contributed by atoms with Crippen molar-refractivity contribution in [2.75, 3.05) is 60.8 Å². The van der Waals surface area contributed by atoms with Crippen LogP contribution in [0.3, 0.4) is 0 Å². The van der Waals surface area contributed by atoms with Gasteiger partial charge in [-0.05, 0) is 113 Å². The van der Waals surface area contributed by atoms with Crippen LogP contribution in [0.2, 0.25) is 0 Å². The van der Waals surface area contributed by atoms with Gasteiger partial charge in [0.2, 0.25) is 11.8 Å². The van der Waals surface area contributed by atoms with Crippen molar-refractivity contribution in [3.8, 4) is 0 Å². The Labute approximate surface area is 380 Å². The highest BCUT2D eigenvalue weighted by molar-refractivity contribution is 6.07. The average molecular weight is 896 g/mol. The second-order valence-corrected chi connectivity index (χ2v) is 20.9. The minimum atomic E-state index is -1.53. The van der Waals surface area contributed by atoms with Crippen LogP contribution < -0.4 is 0 Å². The molecule has 9 aliphatic rings. The molecule has 4 saturated carbocycles. The number of piperidine rings is 1. The summed E-state index contributed by atoms with van der Waals surface area (Å²) in [6, 6.07) is -1.81. The fourth-order valence-corrected chi connectivity index (χ4v) is 15.3. The summed E-state index contributed by atoms with van der Waals surface area (Å²) in [6.07, 6.45) is 17.6. The van der Waals surface area contributed by atoms with E-state index in [9.17, 15) is 9.90 Å². The molecule has 64 heavy (non-hydrogen) atoms. The summed E-state index contributed by atoms with van der Waals surface area (Å²) in [4.78, 5) is 68.8. The van der Waals surface area contributed by atoms with Crippen LogP contribution in [-0.4, -0.2) is 147 Å². The first-order valence-corrected chi connectivity index (χ1v) is 25.6. The third-order valence-corrected chi connectivity index (χ3v) is 17.9. The van der Waals surface area contributed by atoms with Crippen molar-refractivity contribution in [2.45, 2.75) is 177 Å². The molecule has 14 nitrogen and oxygen atoms in total. The molecule has 7 fully saturated rings. The molecule has 358 valence electrons. The fraction of sp³-hybridized carbons (Fsp3) is 0.880. The highest BCUT2D eigenvalue weighted by Gasteiger charge is 2.78. The van der Waals surface area contributed by atoms with Gasteiger partial charge in [0.05, 0.1) is 50.1 Å². The molecule has 14 heteroatoms. The topological polar surface area (TPSA) is 154 Å². The molecular formula is C50H77N3O11. The molecule has 0 bridgehead atoms. The Balaban J connectivity index is 1.24. The van der Waals surface area contributed by atoms with Gasteiger partial charge in [-0.25, -0.2) is 9.69 Å². The normalized spacial score (nSPS) is 38.8. The molecule has 6 unspecified atom stereocenters. The molecule has 9 rings (SSSR count). The summed E-state index contributed by atoms with van der Waals surface area (Å²) in [7, 11) is 5.02. The number of esters is 1. The van der Waals surface area contributed by atoms with Crippen LogP contribution in [0, 0.1) is 40.9 Å². The molecule has 0 aromatic carbocycles. The van der Waals surface area contributed by atoms with E-state index in [2.05, 4.69) is 4.90 Å². The molecular weight excluding hydrogens is 819 g/mol. The number of rotatable bonds is 12. The van der Waals surface area contributed by atoms with Crippen LogP contribution in [0.25, 0.3) is 0 Å². The monoisotopic (exact) mass is 896 g/mol. The van der Waals surface area contributed by atoms with Gasteiger partial charge in [0.25, 0.3) is 0 Å². The highest BCUT2D eigenvalue weighted by Crippen LogP contribution is 2.65. The number of morpholine rings is 1. The van der Waals surface area contributed by atoms with Gasteiger partial charge in [-0.15, -0.1) is 0 Å². The predicted molar refractivity (Wildman–Crippen MR) is 236 cm³/mol. The van der Waals surface area contributed by atoms with Gasteiger partial charge in [0, 0.05) is 52.1 Å². The number of aliphatic hydroxyl groups excluding tert-OH is 1. The number of carbonyl (C=O) groups excluding carboxylic acids is 4. The number of hydrogen-bond acceptors (Lipinski definition) is 12. The van der Waals surface area contributed by atoms with Crippen molar-refractivity contribution in [1.29, 1.82) is 0 Å². The summed E-state index contributed by atoms with van der Waals surface area (Å²) in [5.41, 5.74) is -0.0416. The van der Waals surface area contributed by atoms with E-state index in [0.717, 1.165) is 121 Å². The standard InChI is InChI=1S/C50H77N3O11/c1-59-26-27-63-49(58)52-37-20-12-11-19-36(37)50(48(52)57)41(46(55)51-23-22-33-28-39(60-2)40(61-3)29-34(33)30-51)43-47(56)64-44(32-16-8-5-9-17-32)42(31-14-6-4-7-15-31)53(43)45(50)35-18-10-13-21-38(35)62-25-24-54/h31-35,38-45,54H,4-30H2,1-3H3/t33?,34?,35?,38?,39?,40?,41-,42-,43-,44+,45+,50-/m0/s1. The number of ether oxygens (including phenoxy) is 6. The number of aliphatic hydroxyl groups is 1. The quantitative estimate of drug-likeness (QED) is 0.170.